The molecule has 130 valence electrons. The third kappa shape index (κ3) is 4.61. The number of aromatic nitrogens is 1. The van der Waals surface area contributed by atoms with Crippen LogP contribution < -0.4 is 16.0 Å². The first-order chi connectivity index (χ1) is 12.6. The van der Waals surface area contributed by atoms with Crippen molar-refractivity contribution in [3.05, 3.63) is 84.4 Å². The summed E-state index contributed by atoms with van der Waals surface area (Å²) >= 11 is 5.25. The van der Waals surface area contributed by atoms with Gasteiger partial charge in [-0.1, -0.05) is 12.1 Å². The lowest BCUT2D eigenvalue weighted by atomic mass is 10.2. The normalized spacial score (nSPS) is 10.0. The maximum absolute atomic E-state index is 13.6. The van der Waals surface area contributed by atoms with E-state index < -0.39 is 11.7 Å². The molecular weight excluding hydrogens is 351 g/mol. The fraction of sp³-hybridized carbons (Fsp3) is 0. The van der Waals surface area contributed by atoms with Crippen molar-refractivity contribution in [3.63, 3.8) is 0 Å². The van der Waals surface area contributed by atoms with E-state index in [2.05, 4.69) is 20.9 Å². The first-order valence-corrected chi connectivity index (χ1v) is 8.16. The van der Waals surface area contributed by atoms with Gasteiger partial charge in [-0.25, -0.2) is 4.39 Å². The van der Waals surface area contributed by atoms with Crippen molar-refractivity contribution in [1.29, 1.82) is 0 Å². The molecule has 3 rings (SSSR count). The maximum Gasteiger partial charge on any atom is 0.258 e. The molecule has 7 heteroatoms. The van der Waals surface area contributed by atoms with Crippen molar-refractivity contribution in [3.8, 4) is 0 Å². The van der Waals surface area contributed by atoms with Crippen LogP contribution in [0.4, 0.5) is 21.5 Å². The van der Waals surface area contributed by atoms with Crippen molar-refractivity contribution in [2.24, 2.45) is 0 Å². The number of carbonyl (C=O) groups excluding carboxylic acids is 1. The number of rotatable bonds is 4. The van der Waals surface area contributed by atoms with Gasteiger partial charge in [0.2, 0.25) is 0 Å². The van der Waals surface area contributed by atoms with Crippen LogP contribution in [-0.4, -0.2) is 16.0 Å². The number of thiocarbonyl (C=S) groups is 1. The lowest BCUT2D eigenvalue weighted by Crippen LogP contribution is -2.19. The molecule has 0 spiro atoms. The van der Waals surface area contributed by atoms with E-state index in [1.54, 1.807) is 54.9 Å². The highest BCUT2D eigenvalue weighted by Gasteiger charge is 2.10. The van der Waals surface area contributed by atoms with Crippen molar-refractivity contribution in [2.75, 3.05) is 16.0 Å². The Labute approximate surface area is 155 Å². The van der Waals surface area contributed by atoms with Gasteiger partial charge in [0.25, 0.3) is 5.91 Å². The van der Waals surface area contributed by atoms with E-state index in [-0.39, 0.29) is 5.56 Å². The number of anilines is 3. The molecule has 2 aromatic carbocycles. The largest absolute Gasteiger partial charge is 0.332 e. The molecule has 26 heavy (non-hydrogen) atoms. The number of halogens is 1. The molecule has 1 amide bonds. The first kappa shape index (κ1) is 17.5. The topological polar surface area (TPSA) is 66.1 Å². The number of benzene rings is 2. The van der Waals surface area contributed by atoms with E-state index >= 15 is 0 Å². The number of nitrogens with zero attached hydrogens (tertiary/aromatic N) is 1. The highest BCUT2D eigenvalue weighted by molar-refractivity contribution is 7.80. The molecule has 0 aliphatic heterocycles. The second kappa shape index (κ2) is 8.17. The van der Waals surface area contributed by atoms with Gasteiger partial charge in [0.1, 0.15) is 5.82 Å². The molecule has 5 nitrogen and oxygen atoms in total. The van der Waals surface area contributed by atoms with Gasteiger partial charge in [0.05, 0.1) is 5.56 Å². The summed E-state index contributed by atoms with van der Waals surface area (Å²) in [7, 11) is 0. The predicted molar refractivity (Wildman–Crippen MR) is 105 cm³/mol. The summed E-state index contributed by atoms with van der Waals surface area (Å²) in [5, 5.41) is 9.16. The number of pyridine rings is 1. The first-order valence-electron chi connectivity index (χ1n) is 7.76. The zero-order valence-corrected chi connectivity index (χ0v) is 14.4. The van der Waals surface area contributed by atoms with E-state index in [1.165, 1.54) is 18.2 Å². The SMILES string of the molecule is O=C(Nc1ccc(NC(=S)Nc2ccncc2)cc1)c1ccccc1F. The number of nitrogens with one attached hydrogen (secondary N) is 3. The second-order valence-corrected chi connectivity index (χ2v) is 5.73. The Morgan fingerprint density at radius 2 is 1.35 bits per heavy atom. The quantitative estimate of drug-likeness (QED) is 0.602. The van der Waals surface area contributed by atoms with Crippen LogP contribution >= 0.6 is 12.2 Å². The average Bonchev–Trinajstić information content (AvgIpc) is 2.64. The Morgan fingerprint density at radius 3 is 1.96 bits per heavy atom. The Morgan fingerprint density at radius 1 is 0.808 bits per heavy atom. The Kier molecular flexibility index (Phi) is 5.50. The highest BCUT2D eigenvalue weighted by atomic mass is 32.1. The minimum absolute atomic E-state index is 0.00238. The van der Waals surface area contributed by atoms with Crippen LogP contribution in [0.5, 0.6) is 0 Å². The highest BCUT2D eigenvalue weighted by Crippen LogP contribution is 2.16. The molecule has 0 aliphatic carbocycles. The molecule has 0 saturated carbocycles. The molecule has 0 radical (unpaired) electrons. The van der Waals surface area contributed by atoms with Crippen LogP contribution in [0.1, 0.15) is 10.4 Å². The smallest absolute Gasteiger partial charge is 0.258 e. The van der Waals surface area contributed by atoms with E-state index in [9.17, 15) is 9.18 Å². The number of hydrogen-bond acceptors (Lipinski definition) is 3. The molecule has 1 heterocycles. The third-order valence-corrected chi connectivity index (χ3v) is 3.66. The Balaban J connectivity index is 1.59. The molecule has 0 aliphatic rings. The van der Waals surface area contributed by atoms with E-state index in [1.807, 2.05) is 0 Å². The predicted octanol–water partition coefficient (Wildman–Crippen LogP) is 4.28. The molecule has 3 aromatic rings. The summed E-state index contributed by atoms with van der Waals surface area (Å²) in [4.78, 5) is 16.0. The van der Waals surface area contributed by atoms with Crippen molar-refractivity contribution >= 4 is 40.3 Å². The summed E-state index contributed by atoms with van der Waals surface area (Å²) in [6.07, 6.45) is 3.33. The van der Waals surface area contributed by atoms with Gasteiger partial charge in [-0.15, -0.1) is 0 Å². The van der Waals surface area contributed by atoms with E-state index in [0.717, 1.165) is 11.4 Å². The zero-order chi connectivity index (χ0) is 18.4. The number of carbonyl (C=O) groups is 1. The van der Waals surface area contributed by atoms with Gasteiger partial charge in [0, 0.05) is 29.5 Å². The van der Waals surface area contributed by atoms with Crippen molar-refractivity contribution in [2.45, 2.75) is 0 Å². The number of hydrogen-bond donors (Lipinski definition) is 3. The van der Waals surface area contributed by atoms with Gasteiger partial charge < -0.3 is 16.0 Å². The summed E-state index contributed by atoms with van der Waals surface area (Å²) in [5.41, 5.74) is 2.13. The van der Waals surface area contributed by atoms with Crippen molar-refractivity contribution < 1.29 is 9.18 Å². The zero-order valence-electron chi connectivity index (χ0n) is 13.6. The molecule has 0 saturated heterocycles. The monoisotopic (exact) mass is 366 g/mol. The second-order valence-electron chi connectivity index (χ2n) is 5.33. The van der Waals surface area contributed by atoms with Gasteiger partial charge in [-0.05, 0) is 60.7 Å². The van der Waals surface area contributed by atoms with Gasteiger partial charge in [0.15, 0.2) is 5.11 Å². The summed E-state index contributed by atoms with van der Waals surface area (Å²) < 4.78 is 13.6. The third-order valence-electron chi connectivity index (χ3n) is 3.46. The lowest BCUT2D eigenvalue weighted by molar-refractivity contribution is 0.102. The van der Waals surface area contributed by atoms with E-state index in [0.29, 0.717) is 10.8 Å². The maximum atomic E-state index is 13.6. The molecule has 0 unspecified atom stereocenters. The summed E-state index contributed by atoms with van der Waals surface area (Å²) in [5.74, 6) is -1.06. The van der Waals surface area contributed by atoms with Crippen LogP contribution in [0.2, 0.25) is 0 Å². The summed E-state index contributed by atoms with van der Waals surface area (Å²) in [6, 6.07) is 16.4. The van der Waals surface area contributed by atoms with Gasteiger partial charge >= 0.3 is 0 Å². The Hall–Kier alpha value is -3.32. The molecular formula is C19H15FN4OS. The summed E-state index contributed by atoms with van der Waals surface area (Å²) in [6.45, 7) is 0. The van der Waals surface area contributed by atoms with E-state index in [4.69, 9.17) is 12.2 Å². The van der Waals surface area contributed by atoms with Crippen LogP contribution in [0.15, 0.2) is 73.1 Å². The fourth-order valence-electron chi connectivity index (χ4n) is 2.21. The molecule has 0 fully saturated rings. The van der Waals surface area contributed by atoms with Crippen LogP contribution in [0.25, 0.3) is 0 Å². The molecule has 0 bridgehead atoms. The fourth-order valence-corrected chi connectivity index (χ4v) is 2.45. The number of amides is 1. The molecule has 1 aromatic heterocycles. The standard InChI is InChI=1S/C19H15FN4OS/c20-17-4-2-1-3-16(17)18(25)22-13-5-7-14(8-6-13)23-19(26)24-15-9-11-21-12-10-15/h1-12H,(H,22,25)(H2,21,23,24,26). The minimum atomic E-state index is -0.559. The Bertz CT molecular complexity index is 916. The van der Waals surface area contributed by atoms with Crippen LogP contribution in [-0.2, 0) is 0 Å². The molecule has 0 atom stereocenters. The lowest BCUT2D eigenvalue weighted by Gasteiger charge is -2.11. The van der Waals surface area contributed by atoms with Crippen LogP contribution in [0, 0.1) is 5.82 Å². The van der Waals surface area contributed by atoms with Gasteiger partial charge in [-0.2, -0.15) is 0 Å². The van der Waals surface area contributed by atoms with Crippen molar-refractivity contribution in [1.82, 2.24) is 4.98 Å². The van der Waals surface area contributed by atoms with Crippen LogP contribution in [0.3, 0.4) is 0 Å². The molecule has 3 N–H and O–H groups in total. The minimum Gasteiger partial charge on any atom is -0.332 e. The van der Waals surface area contributed by atoms with Gasteiger partial charge in [-0.3, -0.25) is 9.78 Å². The average molecular weight is 366 g/mol.